The maximum atomic E-state index is 14.4. The summed E-state index contributed by atoms with van der Waals surface area (Å²) in [6.45, 7) is 32.6. The molecule has 0 aliphatic rings. The van der Waals surface area contributed by atoms with Gasteiger partial charge in [-0.25, -0.2) is 8.78 Å². The van der Waals surface area contributed by atoms with Gasteiger partial charge in [-0.05, 0) is 35.5 Å². The Hall–Kier alpha value is -2.68. The Morgan fingerprint density at radius 3 is 1.72 bits per heavy atom. The molecule has 0 aromatic heterocycles. The molecular formula is C29H42F2O. The van der Waals surface area contributed by atoms with Crippen LogP contribution in [0.1, 0.15) is 60.3 Å². The molecule has 178 valence electrons. The van der Waals surface area contributed by atoms with E-state index in [0.29, 0.717) is 17.4 Å². The van der Waals surface area contributed by atoms with Gasteiger partial charge in [-0.1, -0.05) is 111 Å². The number of allylic oxidation sites excluding steroid dienone is 11. The van der Waals surface area contributed by atoms with Gasteiger partial charge >= 0.3 is 0 Å². The molecule has 2 atom stereocenters. The predicted molar refractivity (Wildman–Crippen MR) is 139 cm³/mol. The molecule has 0 aromatic carbocycles. The van der Waals surface area contributed by atoms with Crippen LogP contribution in [0.4, 0.5) is 8.78 Å². The highest BCUT2D eigenvalue weighted by molar-refractivity contribution is 5.53. The van der Waals surface area contributed by atoms with Crippen molar-refractivity contribution in [3.63, 3.8) is 0 Å². The van der Waals surface area contributed by atoms with Crippen molar-refractivity contribution >= 4 is 0 Å². The topological polar surface area (TPSA) is 20.2 Å². The first-order valence-corrected chi connectivity index (χ1v) is 11.1. The molecule has 0 aromatic rings. The van der Waals surface area contributed by atoms with Crippen LogP contribution in [0.25, 0.3) is 0 Å². The van der Waals surface area contributed by atoms with E-state index in [9.17, 15) is 8.78 Å². The third-order valence-electron chi connectivity index (χ3n) is 4.87. The summed E-state index contributed by atoms with van der Waals surface area (Å²) in [5.74, 6) is -1.01. The summed E-state index contributed by atoms with van der Waals surface area (Å²) in [7, 11) is 0. The van der Waals surface area contributed by atoms with Crippen LogP contribution in [0.2, 0.25) is 0 Å². The monoisotopic (exact) mass is 444 g/mol. The van der Waals surface area contributed by atoms with E-state index in [0.717, 1.165) is 37.0 Å². The summed E-state index contributed by atoms with van der Waals surface area (Å²) < 4.78 is 28.2. The zero-order chi connectivity index (χ0) is 25.4. The molecule has 0 bridgehead atoms. The number of hydrogen-bond donors (Lipinski definition) is 1. The average molecular weight is 445 g/mol. The van der Waals surface area contributed by atoms with Gasteiger partial charge in [-0.2, -0.15) is 0 Å². The first kappa shape index (κ1) is 31.5. The van der Waals surface area contributed by atoms with Crippen LogP contribution in [0, 0.1) is 11.8 Å². The highest BCUT2D eigenvalue weighted by atomic mass is 19.1. The van der Waals surface area contributed by atoms with Gasteiger partial charge in [0.05, 0.1) is 0 Å². The first-order chi connectivity index (χ1) is 14.8. The fourth-order valence-corrected chi connectivity index (χ4v) is 2.26. The normalized spacial score (nSPS) is 13.6. The fourth-order valence-electron chi connectivity index (χ4n) is 2.26. The minimum atomic E-state index is -0.849. The van der Waals surface area contributed by atoms with E-state index in [-0.39, 0.29) is 16.7 Å². The Morgan fingerprint density at radius 1 is 0.781 bits per heavy atom. The molecule has 0 saturated carbocycles. The average Bonchev–Trinajstić information content (AvgIpc) is 2.73. The van der Waals surface area contributed by atoms with Crippen molar-refractivity contribution in [1.29, 1.82) is 0 Å². The molecule has 0 radical (unpaired) electrons. The SMILES string of the molecule is C=C(O)/C=C(/F)C(=C)C(=C)/C=C(/F)C(=C)C(=C)/C=C\C(=C)C(C)CCC(C)CC.CCC. The first-order valence-electron chi connectivity index (χ1n) is 11.1. The van der Waals surface area contributed by atoms with E-state index in [1.54, 1.807) is 6.08 Å². The molecule has 0 spiro atoms. The summed E-state index contributed by atoms with van der Waals surface area (Å²) in [4.78, 5) is 0. The van der Waals surface area contributed by atoms with Gasteiger partial charge in [0.15, 0.2) is 0 Å². The molecule has 0 aliphatic carbocycles. The minimum Gasteiger partial charge on any atom is -0.508 e. The van der Waals surface area contributed by atoms with Crippen LogP contribution in [-0.4, -0.2) is 5.11 Å². The Morgan fingerprint density at radius 2 is 1.25 bits per heavy atom. The smallest absolute Gasteiger partial charge is 0.134 e. The number of aliphatic hydroxyl groups is 1. The molecule has 0 heterocycles. The molecule has 0 aliphatic heterocycles. The number of halogens is 2. The standard InChI is InChI=1S/C26H34F2O.C3H8/c1-10-17(2)11-12-18(3)19(4)13-14-20(5)23(8)25(27)15-21(6)24(9)26(28)16-22(7)29;1-3-2/h13-18,29H,4-12H2,1-3H3;3H2,1-2H3/b14-13-,25-15+,26-16+;. The third-order valence-corrected chi connectivity index (χ3v) is 4.87. The van der Waals surface area contributed by atoms with Crippen LogP contribution in [0.15, 0.2) is 109 Å². The molecule has 0 amide bonds. The molecule has 2 unspecified atom stereocenters. The lowest BCUT2D eigenvalue weighted by atomic mass is 9.91. The van der Waals surface area contributed by atoms with E-state index in [2.05, 4.69) is 74.1 Å². The molecule has 1 nitrogen and oxygen atoms in total. The number of aliphatic hydroxyl groups excluding tert-OH is 1. The zero-order valence-corrected chi connectivity index (χ0v) is 20.7. The zero-order valence-electron chi connectivity index (χ0n) is 20.7. The second-order valence-electron chi connectivity index (χ2n) is 8.09. The van der Waals surface area contributed by atoms with E-state index in [4.69, 9.17) is 5.11 Å². The highest BCUT2D eigenvalue weighted by Gasteiger charge is 2.10. The van der Waals surface area contributed by atoms with Crippen molar-refractivity contribution in [2.24, 2.45) is 11.8 Å². The van der Waals surface area contributed by atoms with Gasteiger partial charge in [-0.3, -0.25) is 0 Å². The van der Waals surface area contributed by atoms with Crippen molar-refractivity contribution in [1.82, 2.24) is 0 Å². The maximum absolute atomic E-state index is 14.4. The lowest BCUT2D eigenvalue weighted by Crippen LogP contribution is -2.01. The van der Waals surface area contributed by atoms with Crippen LogP contribution in [-0.2, 0) is 0 Å². The molecule has 0 saturated heterocycles. The molecule has 1 N–H and O–H groups in total. The fraction of sp³-hybridized carbons (Fsp3) is 0.379. The predicted octanol–water partition coefficient (Wildman–Crippen LogP) is 9.98. The summed E-state index contributed by atoms with van der Waals surface area (Å²) in [5, 5.41) is 9.00. The lowest BCUT2D eigenvalue weighted by Gasteiger charge is -2.15. The largest absolute Gasteiger partial charge is 0.508 e. The molecule has 3 heteroatoms. The Balaban J connectivity index is 0. The van der Waals surface area contributed by atoms with Crippen molar-refractivity contribution in [2.45, 2.75) is 60.3 Å². The third kappa shape index (κ3) is 13.6. The van der Waals surface area contributed by atoms with Crippen LogP contribution < -0.4 is 0 Å². The van der Waals surface area contributed by atoms with Crippen molar-refractivity contribution in [2.75, 3.05) is 0 Å². The second kappa shape index (κ2) is 16.9. The van der Waals surface area contributed by atoms with Gasteiger partial charge in [0, 0.05) is 17.2 Å². The summed E-state index contributed by atoms with van der Waals surface area (Å²) in [5.41, 5.74) is 1.24. The summed E-state index contributed by atoms with van der Waals surface area (Å²) in [6.07, 6.45) is 9.89. The van der Waals surface area contributed by atoms with E-state index < -0.39 is 17.4 Å². The van der Waals surface area contributed by atoms with Crippen molar-refractivity contribution in [3.8, 4) is 0 Å². The molecule has 32 heavy (non-hydrogen) atoms. The van der Waals surface area contributed by atoms with Gasteiger partial charge in [0.25, 0.3) is 0 Å². The van der Waals surface area contributed by atoms with Gasteiger partial charge in [-0.15, -0.1) is 0 Å². The van der Waals surface area contributed by atoms with E-state index in [1.165, 1.54) is 6.42 Å². The molecule has 0 fully saturated rings. The van der Waals surface area contributed by atoms with Crippen molar-refractivity contribution < 1.29 is 13.9 Å². The van der Waals surface area contributed by atoms with E-state index in [1.807, 2.05) is 6.08 Å². The van der Waals surface area contributed by atoms with Crippen LogP contribution in [0.5, 0.6) is 0 Å². The van der Waals surface area contributed by atoms with Crippen LogP contribution >= 0.6 is 0 Å². The maximum Gasteiger partial charge on any atom is 0.134 e. The van der Waals surface area contributed by atoms with Crippen molar-refractivity contribution in [3.05, 3.63) is 109 Å². The molecule has 0 rings (SSSR count). The van der Waals surface area contributed by atoms with Crippen LogP contribution in [0.3, 0.4) is 0 Å². The van der Waals surface area contributed by atoms with Gasteiger partial charge in [0.2, 0.25) is 0 Å². The number of hydrogen-bond acceptors (Lipinski definition) is 1. The summed E-state index contributed by atoms with van der Waals surface area (Å²) in [6, 6.07) is 0. The highest BCUT2D eigenvalue weighted by Crippen LogP contribution is 2.26. The number of rotatable bonds is 13. The molecular weight excluding hydrogens is 402 g/mol. The second-order valence-corrected chi connectivity index (χ2v) is 8.09. The minimum absolute atomic E-state index is 0.0125. The Kier molecular flexibility index (Phi) is 16.7. The summed E-state index contributed by atoms with van der Waals surface area (Å²) >= 11 is 0. The Bertz CT molecular complexity index is 790. The Labute approximate surface area is 195 Å². The van der Waals surface area contributed by atoms with Gasteiger partial charge in [0.1, 0.15) is 17.4 Å². The lowest BCUT2D eigenvalue weighted by molar-refractivity contribution is 0.431. The van der Waals surface area contributed by atoms with E-state index >= 15 is 0 Å². The van der Waals surface area contributed by atoms with Gasteiger partial charge < -0.3 is 5.11 Å². The quantitative estimate of drug-likeness (QED) is 0.221.